The molecule has 4 N–H and O–H groups in total. The van der Waals surface area contributed by atoms with Gasteiger partial charge in [0.15, 0.2) is 0 Å². The first-order valence-corrected chi connectivity index (χ1v) is 5.09. The van der Waals surface area contributed by atoms with Crippen molar-refractivity contribution in [3.8, 4) is 11.1 Å². The third kappa shape index (κ3) is 0.997. The van der Waals surface area contributed by atoms with Gasteiger partial charge in [0.2, 0.25) is 0 Å². The number of nitrogens with zero attached hydrogens (tertiary/aromatic N) is 1. The number of benzene rings is 2. The Bertz CT molecular complexity index is 600. The van der Waals surface area contributed by atoms with Gasteiger partial charge >= 0.3 is 0 Å². The van der Waals surface area contributed by atoms with Crippen molar-refractivity contribution in [2.45, 2.75) is 0 Å². The van der Waals surface area contributed by atoms with Crippen LogP contribution in [0.15, 0.2) is 47.6 Å². The molecule has 16 heavy (non-hydrogen) atoms. The summed E-state index contributed by atoms with van der Waals surface area (Å²) in [6, 6.07) is 13.8. The first-order valence-electron chi connectivity index (χ1n) is 5.09. The van der Waals surface area contributed by atoms with Crippen molar-refractivity contribution in [2.24, 2.45) is 10.9 Å². The molecule has 0 bridgehead atoms. The summed E-state index contributed by atoms with van der Waals surface area (Å²) in [4.78, 5) is 0. The van der Waals surface area contributed by atoms with Gasteiger partial charge in [-0.1, -0.05) is 36.4 Å². The van der Waals surface area contributed by atoms with Crippen molar-refractivity contribution in [1.29, 1.82) is 0 Å². The van der Waals surface area contributed by atoms with Gasteiger partial charge in [-0.05, 0) is 11.6 Å². The summed E-state index contributed by atoms with van der Waals surface area (Å²) < 4.78 is 0. The number of hydrogen-bond donors (Lipinski definition) is 2. The van der Waals surface area contributed by atoms with E-state index in [-0.39, 0.29) is 0 Å². The molecule has 0 spiro atoms. The van der Waals surface area contributed by atoms with E-state index >= 15 is 0 Å². The van der Waals surface area contributed by atoms with E-state index in [4.69, 9.17) is 11.6 Å². The van der Waals surface area contributed by atoms with Gasteiger partial charge in [-0.15, -0.1) is 0 Å². The van der Waals surface area contributed by atoms with E-state index in [1.807, 2.05) is 42.5 Å². The Balaban J connectivity index is 2.45. The van der Waals surface area contributed by atoms with Crippen LogP contribution in [0.3, 0.4) is 0 Å². The van der Waals surface area contributed by atoms with Crippen LogP contribution in [0.4, 0.5) is 5.69 Å². The van der Waals surface area contributed by atoms with E-state index in [0.717, 1.165) is 33.7 Å². The summed E-state index contributed by atoms with van der Waals surface area (Å²) in [5.74, 6) is 5.46. The highest BCUT2D eigenvalue weighted by atomic mass is 15.1. The minimum atomic E-state index is 0.767. The molecule has 0 radical (unpaired) electrons. The Morgan fingerprint density at radius 2 is 1.50 bits per heavy atom. The minimum absolute atomic E-state index is 0.767. The van der Waals surface area contributed by atoms with Crippen LogP contribution in [-0.2, 0) is 0 Å². The summed E-state index contributed by atoms with van der Waals surface area (Å²) in [5.41, 5.74) is 11.8. The molecule has 0 saturated heterocycles. The molecule has 0 heterocycles. The first-order chi connectivity index (χ1) is 7.83. The molecule has 2 aromatic rings. The fraction of sp³-hybridized carbons (Fsp3) is 0. The summed E-state index contributed by atoms with van der Waals surface area (Å²) in [5, 5.41) is 3.87. The van der Waals surface area contributed by atoms with Crippen molar-refractivity contribution < 1.29 is 0 Å². The average molecular weight is 209 g/mol. The fourth-order valence-electron chi connectivity index (χ4n) is 2.26. The second-order valence-electron chi connectivity index (χ2n) is 3.79. The Morgan fingerprint density at radius 3 is 2.25 bits per heavy atom. The third-order valence-electron chi connectivity index (χ3n) is 2.93. The van der Waals surface area contributed by atoms with Crippen molar-refractivity contribution in [3.05, 3.63) is 53.6 Å². The molecule has 1 aliphatic rings. The van der Waals surface area contributed by atoms with E-state index in [2.05, 4.69) is 5.10 Å². The van der Waals surface area contributed by atoms with Crippen LogP contribution in [0.2, 0.25) is 0 Å². The van der Waals surface area contributed by atoms with Gasteiger partial charge in [0, 0.05) is 22.4 Å². The van der Waals surface area contributed by atoms with Crippen LogP contribution >= 0.6 is 0 Å². The van der Waals surface area contributed by atoms with E-state index in [1.54, 1.807) is 0 Å². The second-order valence-corrected chi connectivity index (χ2v) is 3.79. The molecule has 0 fully saturated rings. The lowest BCUT2D eigenvalue weighted by Gasteiger charge is -2.03. The quantitative estimate of drug-likeness (QED) is 0.337. The molecule has 78 valence electrons. The van der Waals surface area contributed by atoms with Gasteiger partial charge in [0.1, 0.15) is 0 Å². The van der Waals surface area contributed by atoms with Crippen molar-refractivity contribution in [1.82, 2.24) is 0 Å². The number of hydrogen-bond acceptors (Lipinski definition) is 3. The minimum Gasteiger partial charge on any atom is -0.398 e. The molecule has 2 aromatic carbocycles. The predicted molar refractivity (Wildman–Crippen MR) is 66.1 cm³/mol. The molecule has 3 nitrogen and oxygen atoms in total. The van der Waals surface area contributed by atoms with E-state index in [1.165, 1.54) is 0 Å². The van der Waals surface area contributed by atoms with Crippen LogP contribution in [0.5, 0.6) is 0 Å². The van der Waals surface area contributed by atoms with E-state index in [9.17, 15) is 0 Å². The Labute approximate surface area is 93.4 Å². The predicted octanol–water partition coefficient (Wildman–Crippen LogP) is 1.96. The van der Waals surface area contributed by atoms with E-state index in [0.29, 0.717) is 0 Å². The molecular weight excluding hydrogens is 198 g/mol. The molecule has 0 atom stereocenters. The van der Waals surface area contributed by atoms with Gasteiger partial charge in [-0.25, -0.2) is 0 Å². The SMILES string of the molecule is N/N=C1\c2ccccc2-c2c(N)cccc21. The zero-order chi connectivity index (χ0) is 11.1. The second kappa shape index (κ2) is 3.10. The summed E-state index contributed by atoms with van der Waals surface area (Å²) in [7, 11) is 0. The van der Waals surface area contributed by atoms with Crippen LogP contribution in [0.25, 0.3) is 11.1 Å². The Kier molecular flexibility index (Phi) is 1.74. The van der Waals surface area contributed by atoms with Crippen molar-refractivity contribution >= 4 is 11.4 Å². The molecule has 1 aliphatic carbocycles. The van der Waals surface area contributed by atoms with Crippen LogP contribution in [0, 0.1) is 0 Å². The highest BCUT2D eigenvalue weighted by molar-refractivity contribution is 6.25. The maximum absolute atomic E-state index is 6.01. The highest BCUT2D eigenvalue weighted by Crippen LogP contribution is 2.40. The molecule has 0 aliphatic heterocycles. The van der Waals surface area contributed by atoms with Gasteiger partial charge in [0.05, 0.1) is 5.71 Å². The smallest absolute Gasteiger partial charge is 0.0984 e. The number of anilines is 1. The number of nitrogen functional groups attached to an aromatic ring is 1. The Morgan fingerprint density at radius 1 is 0.812 bits per heavy atom. The fourth-order valence-corrected chi connectivity index (χ4v) is 2.26. The molecule has 3 heteroatoms. The zero-order valence-electron chi connectivity index (χ0n) is 8.64. The van der Waals surface area contributed by atoms with Crippen LogP contribution < -0.4 is 11.6 Å². The van der Waals surface area contributed by atoms with Crippen LogP contribution in [-0.4, -0.2) is 5.71 Å². The van der Waals surface area contributed by atoms with Gasteiger partial charge in [-0.3, -0.25) is 0 Å². The topological polar surface area (TPSA) is 64.4 Å². The molecular formula is C13H11N3. The van der Waals surface area contributed by atoms with E-state index < -0.39 is 0 Å². The zero-order valence-corrected chi connectivity index (χ0v) is 8.64. The number of nitrogens with two attached hydrogens (primary N) is 2. The lowest BCUT2D eigenvalue weighted by atomic mass is 10.0. The number of hydrazone groups is 1. The van der Waals surface area contributed by atoms with Gasteiger partial charge in [-0.2, -0.15) is 5.10 Å². The lowest BCUT2D eigenvalue weighted by Crippen LogP contribution is -2.01. The molecule has 0 unspecified atom stereocenters. The standard InChI is InChI=1S/C13H11N3/c14-11-7-3-6-10-12(11)8-4-1-2-5-9(8)13(10)16-15/h1-7H,14-15H2/b16-13+. The molecule has 0 aromatic heterocycles. The summed E-state index contributed by atoms with van der Waals surface area (Å²) in [6.45, 7) is 0. The molecule has 3 rings (SSSR count). The highest BCUT2D eigenvalue weighted by Gasteiger charge is 2.25. The lowest BCUT2D eigenvalue weighted by molar-refractivity contribution is 1.25. The van der Waals surface area contributed by atoms with Gasteiger partial charge in [0.25, 0.3) is 0 Å². The first kappa shape index (κ1) is 8.97. The number of fused-ring (bicyclic) bond motifs is 3. The normalized spacial score (nSPS) is 14.9. The Hall–Kier alpha value is -2.29. The third-order valence-corrected chi connectivity index (χ3v) is 2.93. The monoisotopic (exact) mass is 209 g/mol. The molecule has 0 saturated carbocycles. The summed E-state index contributed by atoms with van der Waals surface area (Å²) in [6.07, 6.45) is 0. The van der Waals surface area contributed by atoms with Crippen molar-refractivity contribution in [2.75, 3.05) is 5.73 Å². The van der Waals surface area contributed by atoms with Crippen LogP contribution in [0.1, 0.15) is 11.1 Å². The number of rotatable bonds is 0. The molecule has 0 amide bonds. The van der Waals surface area contributed by atoms with Gasteiger partial charge < -0.3 is 11.6 Å². The average Bonchev–Trinajstić information content (AvgIpc) is 2.64. The maximum atomic E-state index is 6.01. The maximum Gasteiger partial charge on any atom is 0.0984 e. The van der Waals surface area contributed by atoms with Crippen molar-refractivity contribution in [3.63, 3.8) is 0 Å². The summed E-state index contributed by atoms with van der Waals surface area (Å²) >= 11 is 0. The largest absolute Gasteiger partial charge is 0.398 e.